The number of unbranched alkanes of at least 4 members (excludes halogenated alkanes) is 1. The minimum Gasteiger partial charge on any atom is -0.493 e. The normalized spacial score (nSPS) is 11.2. The second kappa shape index (κ2) is 9.67. The summed E-state index contributed by atoms with van der Waals surface area (Å²) in [5.41, 5.74) is 0.734. The van der Waals surface area contributed by atoms with Crippen LogP contribution in [-0.2, 0) is 13.2 Å². The molecule has 0 saturated carbocycles. The van der Waals surface area contributed by atoms with E-state index in [1.54, 1.807) is 36.4 Å². The number of aliphatic hydroxyl groups excluding tert-OH is 2. The van der Waals surface area contributed by atoms with Gasteiger partial charge in [0.1, 0.15) is 22.7 Å². The van der Waals surface area contributed by atoms with Gasteiger partial charge in [0.05, 0.1) is 26.4 Å². The zero-order chi connectivity index (χ0) is 22.5. The third kappa shape index (κ3) is 4.82. The zero-order valence-corrected chi connectivity index (χ0v) is 17.2. The van der Waals surface area contributed by atoms with Crippen LogP contribution in [0.3, 0.4) is 0 Å². The summed E-state index contributed by atoms with van der Waals surface area (Å²) in [6, 6.07) is 12.9. The Morgan fingerprint density at radius 2 is 1.09 bits per heavy atom. The number of fused-ring (bicyclic) bond motifs is 2. The first kappa shape index (κ1) is 21.6. The first-order valence-corrected chi connectivity index (χ1v) is 10.2. The Hall–Kier alpha value is -3.62. The molecule has 2 aromatic heterocycles. The van der Waals surface area contributed by atoms with Gasteiger partial charge in [-0.25, -0.2) is 9.59 Å². The predicted molar refractivity (Wildman–Crippen MR) is 117 cm³/mol. The van der Waals surface area contributed by atoms with Crippen molar-refractivity contribution < 1.29 is 28.5 Å². The molecular formula is C24H22O8. The van der Waals surface area contributed by atoms with Crippen molar-refractivity contribution in [3.63, 3.8) is 0 Å². The van der Waals surface area contributed by atoms with E-state index in [1.807, 2.05) is 0 Å². The minimum atomic E-state index is -0.517. The number of benzene rings is 2. The Morgan fingerprint density at radius 3 is 1.50 bits per heavy atom. The van der Waals surface area contributed by atoms with Gasteiger partial charge in [-0.15, -0.1) is 0 Å². The Morgan fingerprint density at radius 1 is 0.656 bits per heavy atom. The van der Waals surface area contributed by atoms with Crippen molar-refractivity contribution in [3.8, 4) is 11.5 Å². The molecule has 0 bridgehead atoms. The number of hydrogen-bond acceptors (Lipinski definition) is 8. The minimum absolute atomic E-state index is 0.242. The first-order chi connectivity index (χ1) is 15.6. The zero-order valence-electron chi connectivity index (χ0n) is 17.2. The summed E-state index contributed by atoms with van der Waals surface area (Å²) in [6.07, 6.45) is 1.46. The topological polar surface area (TPSA) is 119 Å². The highest BCUT2D eigenvalue weighted by molar-refractivity contribution is 5.82. The van der Waals surface area contributed by atoms with Crippen LogP contribution in [0.15, 0.2) is 67.0 Å². The van der Waals surface area contributed by atoms with Crippen molar-refractivity contribution in [3.05, 3.63) is 80.5 Å². The van der Waals surface area contributed by atoms with Crippen molar-refractivity contribution >= 4 is 21.9 Å². The van der Waals surface area contributed by atoms with Crippen LogP contribution in [0.2, 0.25) is 0 Å². The molecule has 0 atom stereocenters. The fourth-order valence-electron chi connectivity index (χ4n) is 3.45. The largest absolute Gasteiger partial charge is 0.493 e. The highest BCUT2D eigenvalue weighted by atomic mass is 16.5. The number of aliphatic hydroxyl groups is 2. The van der Waals surface area contributed by atoms with Gasteiger partial charge >= 0.3 is 11.3 Å². The van der Waals surface area contributed by atoms with Crippen LogP contribution in [0.5, 0.6) is 11.5 Å². The smallest absolute Gasteiger partial charge is 0.336 e. The van der Waals surface area contributed by atoms with Crippen LogP contribution < -0.4 is 20.7 Å². The van der Waals surface area contributed by atoms with Crippen molar-refractivity contribution in [2.45, 2.75) is 26.1 Å². The quantitative estimate of drug-likeness (QED) is 0.302. The van der Waals surface area contributed by atoms with E-state index in [2.05, 4.69) is 0 Å². The molecule has 2 heterocycles. The van der Waals surface area contributed by atoms with Crippen LogP contribution in [0.25, 0.3) is 21.9 Å². The maximum atomic E-state index is 11.6. The maximum Gasteiger partial charge on any atom is 0.336 e. The van der Waals surface area contributed by atoms with Gasteiger partial charge in [-0.05, 0) is 48.2 Å². The standard InChI is InChI=1S/C24H22O8/c25-13-15-9-23(27)31-21-11-17(3-5-19(15)21)29-7-1-2-8-30-18-4-6-20-16(14-26)10-24(28)32-22(20)12-18/h3-6,9-12,25-26H,1-2,7-8,13-14H2. The summed E-state index contributed by atoms with van der Waals surface area (Å²) in [6.45, 7) is 0.416. The Kier molecular flexibility index (Phi) is 6.53. The lowest BCUT2D eigenvalue weighted by Crippen LogP contribution is -2.04. The van der Waals surface area contributed by atoms with Gasteiger partial charge in [-0.2, -0.15) is 0 Å². The maximum absolute atomic E-state index is 11.6. The molecule has 4 rings (SSSR count). The second-order valence-electron chi connectivity index (χ2n) is 7.22. The number of hydrogen-bond donors (Lipinski definition) is 2. The molecule has 0 aliphatic heterocycles. The molecule has 2 N–H and O–H groups in total. The van der Waals surface area contributed by atoms with Gasteiger partial charge in [0.2, 0.25) is 0 Å². The van der Waals surface area contributed by atoms with E-state index in [1.165, 1.54) is 12.1 Å². The average molecular weight is 438 g/mol. The fraction of sp³-hybridized carbons (Fsp3) is 0.250. The van der Waals surface area contributed by atoms with Gasteiger partial charge in [0, 0.05) is 35.0 Å². The molecule has 166 valence electrons. The molecule has 8 heteroatoms. The molecule has 0 aliphatic carbocycles. The van der Waals surface area contributed by atoms with Crippen LogP contribution in [0.1, 0.15) is 24.0 Å². The Labute approximate surface area is 182 Å². The molecule has 0 radical (unpaired) electrons. The third-order valence-corrected chi connectivity index (χ3v) is 5.02. The lowest BCUT2D eigenvalue weighted by atomic mass is 10.1. The van der Waals surface area contributed by atoms with Gasteiger partial charge in [0.25, 0.3) is 0 Å². The van der Waals surface area contributed by atoms with Crippen molar-refractivity contribution in [1.82, 2.24) is 0 Å². The van der Waals surface area contributed by atoms with E-state index in [9.17, 15) is 19.8 Å². The van der Waals surface area contributed by atoms with Crippen LogP contribution in [0, 0.1) is 0 Å². The third-order valence-electron chi connectivity index (χ3n) is 5.02. The SMILES string of the molecule is O=c1cc(CO)c2ccc(OCCCCOc3ccc4c(CO)cc(=O)oc4c3)cc2o1. The van der Waals surface area contributed by atoms with E-state index < -0.39 is 11.3 Å². The highest BCUT2D eigenvalue weighted by Crippen LogP contribution is 2.24. The van der Waals surface area contributed by atoms with Crippen LogP contribution in [-0.4, -0.2) is 23.4 Å². The van der Waals surface area contributed by atoms with Gasteiger partial charge in [-0.3, -0.25) is 0 Å². The number of rotatable bonds is 9. The summed E-state index contributed by atoms with van der Waals surface area (Å²) < 4.78 is 21.8. The summed E-state index contributed by atoms with van der Waals surface area (Å²) >= 11 is 0. The van der Waals surface area contributed by atoms with Crippen LogP contribution in [0.4, 0.5) is 0 Å². The summed E-state index contributed by atoms with van der Waals surface area (Å²) in [4.78, 5) is 23.2. The molecule has 0 unspecified atom stereocenters. The van der Waals surface area contributed by atoms with E-state index in [-0.39, 0.29) is 13.2 Å². The predicted octanol–water partition coefficient (Wildman–Crippen LogP) is 3.12. The molecule has 0 fully saturated rings. The fourth-order valence-corrected chi connectivity index (χ4v) is 3.45. The van der Waals surface area contributed by atoms with E-state index in [0.717, 1.165) is 12.8 Å². The summed E-state index contributed by atoms with van der Waals surface area (Å²) in [5.74, 6) is 1.14. The molecule has 0 spiro atoms. The summed E-state index contributed by atoms with van der Waals surface area (Å²) in [7, 11) is 0. The number of ether oxygens (including phenoxy) is 2. The monoisotopic (exact) mass is 438 g/mol. The van der Waals surface area contributed by atoms with E-state index >= 15 is 0 Å². The van der Waals surface area contributed by atoms with Gasteiger partial charge in [-0.1, -0.05) is 0 Å². The summed E-state index contributed by atoms with van der Waals surface area (Å²) in [5, 5.41) is 20.1. The van der Waals surface area contributed by atoms with E-state index in [0.29, 0.717) is 57.8 Å². The highest BCUT2D eigenvalue weighted by Gasteiger charge is 2.08. The second-order valence-corrected chi connectivity index (χ2v) is 7.22. The van der Waals surface area contributed by atoms with Crippen molar-refractivity contribution in [2.24, 2.45) is 0 Å². The Balaban J connectivity index is 1.29. The lowest BCUT2D eigenvalue weighted by molar-refractivity contribution is 0.266. The molecular weight excluding hydrogens is 416 g/mol. The van der Waals surface area contributed by atoms with Crippen molar-refractivity contribution in [2.75, 3.05) is 13.2 Å². The molecule has 4 aromatic rings. The molecule has 32 heavy (non-hydrogen) atoms. The average Bonchev–Trinajstić information content (AvgIpc) is 2.79. The molecule has 8 nitrogen and oxygen atoms in total. The molecule has 0 saturated heterocycles. The Bertz CT molecular complexity index is 1250. The van der Waals surface area contributed by atoms with Crippen molar-refractivity contribution in [1.29, 1.82) is 0 Å². The molecule has 0 amide bonds. The van der Waals surface area contributed by atoms with Crippen LogP contribution >= 0.6 is 0 Å². The first-order valence-electron chi connectivity index (χ1n) is 10.2. The van der Waals surface area contributed by atoms with Gasteiger partial charge in [0.15, 0.2) is 0 Å². The van der Waals surface area contributed by atoms with E-state index in [4.69, 9.17) is 18.3 Å². The molecule has 2 aromatic carbocycles. The van der Waals surface area contributed by atoms with Gasteiger partial charge < -0.3 is 28.5 Å². The molecule has 0 aliphatic rings. The lowest BCUT2D eigenvalue weighted by Gasteiger charge is -2.09.